The number of nitrogens with zero attached hydrogens (tertiary/aromatic N) is 1. The topological polar surface area (TPSA) is 12.9 Å². The molecule has 1 nitrogen and oxygen atoms in total. The first-order chi connectivity index (χ1) is 8.84. The zero-order chi connectivity index (χ0) is 12.4. The fourth-order valence-electron chi connectivity index (χ4n) is 2.96. The summed E-state index contributed by atoms with van der Waals surface area (Å²) in [6.45, 7) is 0. The standard InChI is InChI=1S/C16H18BrN/c17-16(12-5-2-1-3-6-12)14-8-9-15-13(11-14)7-4-10-18-15/h4,7-12,16H,1-3,5-6H2. The molecule has 2 aromatic rings. The number of hydrogen-bond donors (Lipinski definition) is 0. The summed E-state index contributed by atoms with van der Waals surface area (Å²) in [7, 11) is 0. The van der Waals surface area contributed by atoms with E-state index in [4.69, 9.17) is 0 Å². The van der Waals surface area contributed by atoms with Crippen LogP contribution >= 0.6 is 15.9 Å². The Labute approximate surface area is 117 Å². The maximum Gasteiger partial charge on any atom is 0.0702 e. The first-order valence-electron chi connectivity index (χ1n) is 6.83. The SMILES string of the molecule is BrC(c1ccc2ncccc2c1)C1CCCCC1. The van der Waals surface area contributed by atoms with Crippen molar-refractivity contribution < 1.29 is 0 Å². The van der Waals surface area contributed by atoms with Gasteiger partial charge in [-0.3, -0.25) is 4.98 Å². The van der Waals surface area contributed by atoms with Crippen molar-refractivity contribution in [2.45, 2.75) is 36.9 Å². The normalized spacial score (nSPS) is 18.9. The molecule has 0 amide bonds. The number of benzene rings is 1. The summed E-state index contributed by atoms with van der Waals surface area (Å²) in [5.41, 5.74) is 2.49. The van der Waals surface area contributed by atoms with E-state index in [0.717, 1.165) is 11.4 Å². The zero-order valence-electron chi connectivity index (χ0n) is 10.5. The monoisotopic (exact) mass is 303 g/mol. The number of fused-ring (bicyclic) bond motifs is 1. The van der Waals surface area contributed by atoms with E-state index in [1.807, 2.05) is 12.3 Å². The molecule has 1 fully saturated rings. The van der Waals surface area contributed by atoms with Gasteiger partial charge in [0.05, 0.1) is 5.52 Å². The van der Waals surface area contributed by atoms with Crippen LogP contribution in [0.5, 0.6) is 0 Å². The highest BCUT2D eigenvalue weighted by atomic mass is 79.9. The largest absolute Gasteiger partial charge is 0.256 e. The molecule has 0 aliphatic heterocycles. The summed E-state index contributed by atoms with van der Waals surface area (Å²) in [6.07, 6.45) is 8.78. The third-order valence-electron chi connectivity index (χ3n) is 4.01. The number of hydrogen-bond acceptors (Lipinski definition) is 1. The lowest BCUT2D eigenvalue weighted by atomic mass is 9.84. The fourth-order valence-corrected chi connectivity index (χ4v) is 3.78. The molecule has 1 atom stereocenters. The number of alkyl halides is 1. The Hall–Kier alpha value is -0.890. The van der Waals surface area contributed by atoms with Crippen LogP contribution in [0.3, 0.4) is 0 Å². The Morgan fingerprint density at radius 3 is 2.78 bits per heavy atom. The number of rotatable bonds is 2. The highest BCUT2D eigenvalue weighted by Crippen LogP contribution is 2.40. The van der Waals surface area contributed by atoms with Crippen LogP contribution in [0.2, 0.25) is 0 Å². The lowest BCUT2D eigenvalue weighted by Gasteiger charge is -2.26. The van der Waals surface area contributed by atoms with Crippen molar-refractivity contribution in [1.82, 2.24) is 4.98 Å². The summed E-state index contributed by atoms with van der Waals surface area (Å²) in [6, 6.07) is 10.8. The van der Waals surface area contributed by atoms with Crippen LogP contribution in [0, 0.1) is 5.92 Å². The molecule has 1 saturated carbocycles. The molecule has 1 aromatic carbocycles. The van der Waals surface area contributed by atoms with Crippen molar-refractivity contribution in [1.29, 1.82) is 0 Å². The molecule has 0 N–H and O–H groups in total. The molecule has 2 heteroatoms. The fraction of sp³-hybridized carbons (Fsp3) is 0.438. The maximum absolute atomic E-state index is 4.38. The van der Waals surface area contributed by atoms with Gasteiger partial charge in [0.25, 0.3) is 0 Å². The lowest BCUT2D eigenvalue weighted by molar-refractivity contribution is 0.355. The second-order valence-corrected chi connectivity index (χ2v) is 6.24. The maximum atomic E-state index is 4.38. The predicted octanol–water partition coefficient (Wildman–Crippen LogP) is 5.25. The molecule has 94 valence electrons. The van der Waals surface area contributed by atoms with Gasteiger partial charge in [0.2, 0.25) is 0 Å². The summed E-state index contributed by atoms with van der Waals surface area (Å²) < 4.78 is 0. The molecule has 0 bridgehead atoms. The van der Waals surface area contributed by atoms with Crippen LogP contribution in [0.4, 0.5) is 0 Å². The minimum Gasteiger partial charge on any atom is -0.256 e. The quantitative estimate of drug-likeness (QED) is 0.690. The van der Waals surface area contributed by atoms with Crippen molar-refractivity contribution in [3.8, 4) is 0 Å². The van der Waals surface area contributed by atoms with Crippen molar-refractivity contribution in [3.63, 3.8) is 0 Å². The molecular formula is C16H18BrN. The Kier molecular flexibility index (Phi) is 3.64. The first-order valence-corrected chi connectivity index (χ1v) is 7.75. The van der Waals surface area contributed by atoms with Crippen LogP contribution in [0.15, 0.2) is 36.5 Å². The van der Waals surface area contributed by atoms with Crippen molar-refractivity contribution in [2.24, 2.45) is 5.92 Å². The Bertz CT molecular complexity index is 531. The van der Waals surface area contributed by atoms with E-state index in [-0.39, 0.29) is 0 Å². The molecule has 0 radical (unpaired) electrons. The lowest BCUT2D eigenvalue weighted by Crippen LogP contribution is -2.11. The van der Waals surface area contributed by atoms with Gasteiger partial charge in [0.1, 0.15) is 0 Å². The second-order valence-electron chi connectivity index (χ2n) is 5.26. The predicted molar refractivity (Wildman–Crippen MR) is 80.0 cm³/mol. The first kappa shape index (κ1) is 12.2. The van der Waals surface area contributed by atoms with E-state index in [0.29, 0.717) is 4.83 Å². The van der Waals surface area contributed by atoms with E-state index in [1.165, 1.54) is 43.1 Å². The highest BCUT2D eigenvalue weighted by Gasteiger charge is 2.22. The second kappa shape index (κ2) is 5.40. The summed E-state index contributed by atoms with van der Waals surface area (Å²) in [5, 5.41) is 1.25. The summed E-state index contributed by atoms with van der Waals surface area (Å²) >= 11 is 3.91. The number of aromatic nitrogens is 1. The average molecular weight is 304 g/mol. The molecule has 3 rings (SSSR count). The van der Waals surface area contributed by atoms with E-state index in [1.54, 1.807) is 0 Å². The van der Waals surface area contributed by atoms with Gasteiger partial charge in [-0.1, -0.05) is 47.3 Å². The minimum atomic E-state index is 0.502. The van der Waals surface area contributed by atoms with Gasteiger partial charge in [-0.15, -0.1) is 0 Å². The van der Waals surface area contributed by atoms with Crippen molar-refractivity contribution >= 4 is 26.8 Å². The van der Waals surface area contributed by atoms with E-state index in [9.17, 15) is 0 Å². The van der Waals surface area contributed by atoms with Gasteiger partial charge in [0.15, 0.2) is 0 Å². The highest BCUT2D eigenvalue weighted by molar-refractivity contribution is 9.09. The Morgan fingerprint density at radius 2 is 1.94 bits per heavy atom. The number of pyridine rings is 1. The zero-order valence-corrected chi connectivity index (χ0v) is 12.1. The summed E-state index contributed by atoms with van der Waals surface area (Å²) in [5.74, 6) is 0.799. The Morgan fingerprint density at radius 1 is 1.11 bits per heavy atom. The molecule has 1 aliphatic carbocycles. The smallest absolute Gasteiger partial charge is 0.0702 e. The van der Waals surface area contributed by atoms with Crippen LogP contribution in [-0.4, -0.2) is 4.98 Å². The molecule has 0 spiro atoms. The third-order valence-corrected chi connectivity index (χ3v) is 5.29. The molecule has 1 heterocycles. The Balaban J connectivity index is 1.88. The van der Waals surface area contributed by atoms with Crippen LogP contribution < -0.4 is 0 Å². The van der Waals surface area contributed by atoms with Crippen molar-refractivity contribution in [2.75, 3.05) is 0 Å². The summed E-state index contributed by atoms with van der Waals surface area (Å²) in [4.78, 5) is 4.88. The molecule has 1 aromatic heterocycles. The molecule has 1 aliphatic rings. The molecule has 1 unspecified atom stereocenters. The van der Waals surface area contributed by atoms with E-state index < -0.39 is 0 Å². The van der Waals surface area contributed by atoms with E-state index >= 15 is 0 Å². The average Bonchev–Trinajstić information content (AvgIpc) is 2.47. The van der Waals surface area contributed by atoms with Gasteiger partial charge in [-0.05, 0) is 42.5 Å². The van der Waals surface area contributed by atoms with Crippen molar-refractivity contribution in [3.05, 3.63) is 42.1 Å². The number of halogens is 1. The van der Waals surface area contributed by atoms with Crippen LogP contribution in [0.1, 0.15) is 42.5 Å². The van der Waals surface area contributed by atoms with Gasteiger partial charge in [-0.25, -0.2) is 0 Å². The van der Waals surface area contributed by atoms with Gasteiger partial charge in [0, 0.05) is 16.4 Å². The van der Waals surface area contributed by atoms with Gasteiger partial charge >= 0.3 is 0 Å². The molecule has 0 saturated heterocycles. The van der Waals surface area contributed by atoms with Crippen LogP contribution in [0.25, 0.3) is 10.9 Å². The van der Waals surface area contributed by atoms with Gasteiger partial charge < -0.3 is 0 Å². The minimum absolute atomic E-state index is 0.502. The van der Waals surface area contributed by atoms with E-state index in [2.05, 4.69) is 45.2 Å². The molecular weight excluding hydrogens is 286 g/mol. The molecule has 18 heavy (non-hydrogen) atoms. The van der Waals surface area contributed by atoms with Gasteiger partial charge in [-0.2, -0.15) is 0 Å². The third kappa shape index (κ3) is 2.44. The van der Waals surface area contributed by atoms with Crippen LogP contribution in [-0.2, 0) is 0 Å².